The summed E-state index contributed by atoms with van der Waals surface area (Å²) in [6.07, 6.45) is 8.49. The SMILES string of the molecule is COc1ccc(C=Cc2ccccc2C=Cc2ccc(OC)cc2)cc1. The lowest BCUT2D eigenvalue weighted by molar-refractivity contribution is 0.414. The molecule has 0 spiro atoms. The number of ether oxygens (including phenoxy) is 2. The van der Waals surface area contributed by atoms with Gasteiger partial charge in [0.25, 0.3) is 0 Å². The number of rotatable bonds is 6. The molecule has 3 rings (SSSR count). The van der Waals surface area contributed by atoms with Gasteiger partial charge < -0.3 is 9.47 Å². The molecule has 0 saturated heterocycles. The Balaban J connectivity index is 1.78. The Kier molecular flexibility index (Phi) is 5.89. The van der Waals surface area contributed by atoms with Crippen molar-refractivity contribution < 1.29 is 9.47 Å². The molecule has 0 radical (unpaired) electrons. The number of benzene rings is 3. The highest BCUT2D eigenvalue weighted by Gasteiger charge is 1.96. The highest BCUT2D eigenvalue weighted by Crippen LogP contribution is 2.19. The first kappa shape index (κ1) is 17.6. The molecule has 0 atom stereocenters. The Labute approximate surface area is 155 Å². The predicted octanol–water partition coefficient (Wildman–Crippen LogP) is 6.04. The third-order valence-electron chi connectivity index (χ3n) is 4.14. The Hall–Kier alpha value is -3.26. The van der Waals surface area contributed by atoms with Crippen LogP contribution in [0, 0.1) is 0 Å². The molecule has 0 aliphatic carbocycles. The van der Waals surface area contributed by atoms with Crippen LogP contribution in [0.5, 0.6) is 11.5 Å². The maximum Gasteiger partial charge on any atom is 0.118 e. The molecule has 0 N–H and O–H groups in total. The van der Waals surface area contributed by atoms with Crippen molar-refractivity contribution in [2.24, 2.45) is 0 Å². The average Bonchev–Trinajstić information content (AvgIpc) is 2.72. The zero-order chi connectivity index (χ0) is 18.2. The van der Waals surface area contributed by atoms with E-state index in [1.54, 1.807) is 14.2 Å². The standard InChI is InChI=1S/C24H22O2/c1-25-23-15-9-19(10-16-23)7-13-21-5-3-4-6-22(21)14-8-20-11-17-24(26-2)18-12-20/h3-18H,1-2H3. The van der Waals surface area contributed by atoms with Gasteiger partial charge in [-0.15, -0.1) is 0 Å². The lowest BCUT2D eigenvalue weighted by atomic mass is 10.0. The average molecular weight is 342 g/mol. The van der Waals surface area contributed by atoms with Crippen molar-refractivity contribution in [3.05, 3.63) is 95.1 Å². The number of methoxy groups -OCH3 is 2. The van der Waals surface area contributed by atoms with Crippen LogP contribution in [-0.4, -0.2) is 14.2 Å². The van der Waals surface area contributed by atoms with E-state index in [1.807, 2.05) is 48.5 Å². The van der Waals surface area contributed by atoms with Gasteiger partial charge in [0, 0.05) is 0 Å². The summed E-state index contributed by atoms with van der Waals surface area (Å²) in [7, 11) is 3.35. The summed E-state index contributed by atoms with van der Waals surface area (Å²) in [4.78, 5) is 0. The van der Waals surface area contributed by atoms with Crippen molar-refractivity contribution in [1.82, 2.24) is 0 Å². The summed E-state index contributed by atoms with van der Waals surface area (Å²) in [5.74, 6) is 1.73. The highest BCUT2D eigenvalue weighted by molar-refractivity contribution is 5.79. The first-order valence-electron chi connectivity index (χ1n) is 8.52. The van der Waals surface area contributed by atoms with Gasteiger partial charge >= 0.3 is 0 Å². The summed E-state index contributed by atoms with van der Waals surface area (Å²) >= 11 is 0. The van der Waals surface area contributed by atoms with E-state index in [-0.39, 0.29) is 0 Å². The molecule has 2 nitrogen and oxygen atoms in total. The quantitative estimate of drug-likeness (QED) is 0.508. The van der Waals surface area contributed by atoms with Gasteiger partial charge in [0.05, 0.1) is 14.2 Å². The molecule has 0 heterocycles. The third-order valence-corrected chi connectivity index (χ3v) is 4.14. The third kappa shape index (κ3) is 4.64. The first-order valence-corrected chi connectivity index (χ1v) is 8.52. The van der Waals surface area contributed by atoms with Gasteiger partial charge in [-0.1, -0.05) is 72.8 Å². The Morgan fingerprint density at radius 3 is 1.23 bits per heavy atom. The normalized spacial score (nSPS) is 11.2. The Bertz CT molecular complexity index is 812. The molecule has 0 saturated carbocycles. The van der Waals surface area contributed by atoms with Gasteiger partial charge in [-0.25, -0.2) is 0 Å². The van der Waals surface area contributed by atoms with Gasteiger partial charge in [0.2, 0.25) is 0 Å². The summed E-state index contributed by atoms with van der Waals surface area (Å²) in [5, 5.41) is 0. The van der Waals surface area contributed by atoms with Crippen LogP contribution in [0.2, 0.25) is 0 Å². The summed E-state index contributed by atoms with van der Waals surface area (Å²) in [6, 6.07) is 24.4. The van der Waals surface area contributed by atoms with Gasteiger partial charge in [0.1, 0.15) is 11.5 Å². The fourth-order valence-electron chi connectivity index (χ4n) is 2.62. The molecule has 130 valence electrons. The molecule has 26 heavy (non-hydrogen) atoms. The van der Waals surface area contributed by atoms with Crippen molar-refractivity contribution in [2.75, 3.05) is 14.2 Å². The van der Waals surface area contributed by atoms with Crippen LogP contribution in [0.1, 0.15) is 22.3 Å². The van der Waals surface area contributed by atoms with Crippen molar-refractivity contribution in [2.45, 2.75) is 0 Å². The van der Waals surface area contributed by atoms with E-state index in [9.17, 15) is 0 Å². The van der Waals surface area contributed by atoms with E-state index in [0.717, 1.165) is 22.6 Å². The zero-order valence-corrected chi connectivity index (χ0v) is 15.1. The van der Waals surface area contributed by atoms with Crippen molar-refractivity contribution in [3.63, 3.8) is 0 Å². The molecule has 3 aromatic carbocycles. The van der Waals surface area contributed by atoms with Crippen LogP contribution >= 0.6 is 0 Å². The largest absolute Gasteiger partial charge is 0.497 e. The second-order valence-corrected chi connectivity index (χ2v) is 5.84. The molecular formula is C24H22O2. The van der Waals surface area contributed by atoms with Gasteiger partial charge in [-0.3, -0.25) is 0 Å². The van der Waals surface area contributed by atoms with Crippen LogP contribution in [-0.2, 0) is 0 Å². The van der Waals surface area contributed by atoms with Crippen LogP contribution in [0.3, 0.4) is 0 Å². The predicted molar refractivity (Wildman–Crippen MR) is 110 cm³/mol. The molecule has 0 amide bonds. The molecule has 3 aromatic rings. The second-order valence-electron chi connectivity index (χ2n) is 5.84. The van der Waals surface area contributed by atoms with Gasteiger partial charge in [0.15, 0.2) is 0 Å². The minimum Gasteiger partial charge on any atom is -0.497 e. The maximum absolute atomic E-state index is 5.20. The van der Waals surface area contributed by atoms with Gasteiger partial charge in [-0.05, 0) is 46.5 Å². The fraction of sp³-hybridized carbons (Fsp3) is 0.0833. The molecule has 0 bridgehead atoms. The van der Waals surface area contributed by atoms with E-state index >= 15 is 0 Å². The molecule has 0 aromatic heterocycles. The monoisotopic (exact) mass is 342 g/mol. The number of hydrogen-bond acceptors (Lipinski definition) is 2. The van der Waals surface area contributed by atoms with Crippen molar-refractivity contribution in [1.29, 1.82) is 0 Å². The first-order chi connectivity index (χ1) is 12.8. The molecule has 2 heteroatoms. The molecule has 0 unspecified atom stereocenters. The van der Waals surface area contributed by atoms with E-state index in [1.165, 1.54) is 11.1 Å². The van der Waals surface area contributed by atoms with Crippen LogP contribution in [0.25, 0.3) is 24.3 Å². The number of hydrogen-bond donors (Lipinski definition) is 0. The fourth-order valence-corrected chi connectivity index (χ4v) is 2.62. The molecular weight excluding hydrogens is 320 g/mol. The highest BCUT2D eigenvalue weighted by atomic mass is 16.5. The Morgan fingerprint density at radius 1 is 0.500 bits per heavy atom. The molecule has 0 aliphatic rings. The van der Waals surface area contributed by atoms with Crippen molar-refractivity contribution in [3.8, 4) is 11.5 Å². The zero-order valence-electron chi connectivity index (χ0n) is 15.1. The smallest absolute Gasteiger partial charge is 0.118 e. The Morgan fingerprint density at radius 2 is 0.885 bits per heavy atom. The second kappa shape index (κ2) is 8.72. The van der Waals surface area contributed by atoms with E-state index in [4.69, 9.17) is 9.47 Å². The van der Waals surface area contributed by atoms with E-state index in [2.05, 4.69) is 48.6 Å². The van der Waals surface area contributed by atoms with Crippen LogP contribution in [0.4, 0.5) is 0 Å². The summed E-state index contributed by atoms with van der Waals surface area (Å²) in [6.45, 7) is 0. The minimum atomic E-state index is 0.866. The lowest BCUT2D eigenvalue weighted by Gasteiger charge is -2.03. The summed E-state index contributed by atoms with van der Waals surface area (Å²) < 4.78 is 10.4. The van der Waals surface area contributed by atoms with Crippen LogP contribution < -0.4 is 9.47 Å². The van der Waals surface area contributed by atoms with E-state index in [0.29, 0.717) is 0 Å². The topological polar surface area (TPSA) is 18.5 Å². The molecule has 0 fully saturated rings. The minimum absolute atomic E-state index is 0.866. The van der Waals surface area contributed by atoms with Gasteiger partial charge in [-0.2, -0.15) is 0 Å². The maximum atomic E-state index is 5.20. The molecule has 0 aliphatic heterocycles. The summed E-state index contributed by atoms with van der Waals surface area (Å²) in [5.41, 5.74) is 4.63. The lowest BCUT2D eigenvalue weighted by Crippen LogP contribution is -1.83. The van der Waals surface area contributed by atoms with E-state index < -0.39 is 0 Å². The van der Waals surface area contributed by atoms with Crippen LogP contribution in [0.15, 0.2) is 72.8 Å². The van der Waals surface area contributed by atoms with Crippen molar-refractivity contribution >= 4 is 24.3 Å².